The van der Waals surface area contributed by atoms with Gasteiger partial charge in [-0.05, 0) is 13.3 Å². The van der Waals surface area contributed by atoms with Crippen LogP contribution in [0.4, 0.5) is 0 Å². The highest BCUT2D eigenvalue weighted by atomic mass is 32.1. The first kappa shape index (κ1) is 9.12. The molecule has 0 radical (unpaired) electrons. The van der Waals surface area contributed by atoms with Crippen molar-refractivity contribution in [2.45, 2.75) is 25.4 Å². The van der Waals surface area contributed by atoms with Gasteiger partial charge in [-0.25, -0.2) is 0 Å². The molecular weight excluding hydrogens is 184 g/mol. The number of hydrogen-bond acceptors (Lipinski definition) is 4. The van der Waals surface area contributed by atoms with Crippen LogP contribution in [0.25, 0.3) is 0 Å². The lowest BCUT2D eigenvalue weighted by atomic mass is 10.2. The van der Waals surface area contributed by atoms with Gasteiger partial charge in [0.15, 0.2) is 0 Å². The molecule has 1 N–H and O–H groups in total. The van der Waals surface area contributed by atoms with Crippen LogP contribution in [0, 0.1) is 0 Å². The molecule has 1 aliphatic heterocycles. The van der Waals surface area contributed by atoms with Crippen molar-refractivity contribution in [3.8, 4) is 0 Å². The predicted molar refractivity (Wildman–Crippen MR) is 52.9 cm³/mol. The molecule has 72 valence electrons. The Labute approximate surface area is 82.1 Å². The third-order valence-electron chi connectivity index (χ3n) is 2.29. The van der Waals surface area contributed by atoms with Gasteiger partial charge in [-0.2, -0.15) is 0 Å². The van der Waals surface area contributed by atoms with Gasteiger partial charge in [0.1, 0.15) is 0 Å². The van der Waals surface area contributed by atoms with Crippen LogP contribution in [0.3, 0.4) is 0 Å². The van der Waals surface area contributed by atoms with E-state index >= 15 is 0 Å². The summed E-state index contributed by atoms with van der Waals surface area (Å²) in [5.74, 6) is 0. The van der Waals surface area contributed by atoms with Crippen molar-refractivity contribution in [3.63, 3.8) is 0 Å². The number of nitrogens with one attached hydrogen (secondary N) is 1. The van der Waals surface area contributed by atoms with Gasteiger partial charge in [0.2, 0.25) is 0 Å². The second-order valence-corrected chi connectivity index (χ2v) is 4.27. The summed E-state index contributed by atoms with van der Waals surface area (Å²) in [6, 6.07) is 0.927. The first-order valence-electron chi connectivity index (χ1n) is 4.58. The Morgan fingerprint density at radius 2 is 2.69 bits per heavy atom. The largest absolute Gasteiger partial charge is 0.380 e. The fraction of sp³-hybridized carbons (Fsp3) is 0.667. The Bertz CT molecular complexity index is 244. The van der Waals surface area contributed by atoms with Crippen LogP contribution in [-0.2, 0) is 4.74 Å². The van der Waals surface area contributed by atoms with Crippen LogP contribution in [-0.4, -0.2) is 24.2 Å². The monoisotopic (exact) mass is 198 g/mol. The highest BCUT2D eigenvalue weighted by Crippen LogP contribution is 2.18. The van der Waals surface area contributed by atoms with Crippen LogP contribution >= 0.6 is 11.3 Å². The smallest absolute Gasteiger partial charge is 0.0794 e. The average Bonchev–Trinajstić information content (AvgIpc) is 2.74. The number of rotatable bonds is 3. The van der Waals surface area contributed by atoms with E-state index in [-0.39, 0.29) is 0 Å². The Morgan fingerprint density at radius 1 is 1.77 bits per heavy atom. The molecule has 1 aromatic heterocycles. The van der Waals surface area contributed by atoms with E-state index in [1.165, 1.54) is 4.88 Å². The van der Waals surface area contributed by atoms with Crippen LogP contribution in [0.15, 0.2) is 11.7 Å². The standard InChI is InChI=1S/C9H14N2OS/c1-7(9-4-10-6-13-9)11-8-2-3-12-5-8/h4,6-8,11H,2-3,5H2,1H3. The summed E-state index contributed by atoms with van der Waals surface area (Å²) < 4.78 is 5.30. The minimum Gasteiger partial charge on any atom is -0.380 e. The highest BCUT2D eigenvalue weighted by Gasteiger charge is 2.18. The molecule has 0 spiro atoms. The zero-order chi connectivity index (χ0) is 9.10. The maximum Gasteiger partial charge on any atom is 0.0794 e. The number of nitrogens with zero attached hydrogens (tertiary/aromatic N) is 1. The van der Waals surface area contributed by atoms with E-state index in [1.54, 1.807) is 11.3 Å². The third-order valence-corrected chi connectivity index (χ3v) is 3.25. The summed E-state index contributed by atoms with van der Waals surface area (Å²) in [7, 11) is 0. The van der Waals surface area contributed by atoms with Crippen molar-refractivity contribution in [3.05, 3.63) is 16.6 Å². The fourth-order valence-electron chi connectivity index (χ4n) is 1.54. The lowest BCUT2D eigenvalue weighted by Gasteiger charge is -2.16. The summed E-state index contributed by atoms with van der Waals surface area (Å²) in [5.41, 5.74) is 1.87. The quantitative estimate of drug-likeness (QED) is 0.800. The Balaban J connectivity index is 1.87. The molecule has 2 atom stereocenters. The van der Waals surface area contributed by atoms with Gasteiger partial charge in [-0.15, -0.1) is 11.3 Å². The normalized spacial score (nSPS) is 24.8. The zero-order valence-corrected chi connectivity index (χ0v) is 8.51. The summed E-state index contributed by atoms with van der Waals surface area (Å²) in [5, 5.41) is 3.53. The maximum atomic E-state index is 5.30. The number of ether oxygens (including phenoxy) is 1. The Kier molecular flexibility index (Phi) is 2.93. The van der Waals surface area contributed by atoms with Crippen molar-refractivity contribution >= 4 is 11.3 Å². The molecule has 0 amide bonds. The molecule has 0 aliphatic carbocycles. The molecule has 2 rings (SSSR count). The molecule has 0 aromatic carbocycles. The van der Waals surface area contributed by atoms with E-state index in [9.17, 15) is 0 Å². The molecule has 2 unspecified atom stereocenters. The van der Waals surface area contributed by atoms with Crippen LogP contribution in [0.5, 0.6) is 0 Å². The van der Waals surface area contributed by atoms with Crippen LogP contribution in [0.2, 0.25) is 0 Å². The molecule has 0 bridgehead atoms. The van der Waals surface area contributed by atoms with Gasteiger partial charge in [0, 0.05) is 29.8 Å². The van der Waals surface area contributed by atoms with Gasteiger partial charge < -0.3 is 10.1 Å². The van der Waals surface area contributed by atoms with Crippen molar-refractivity contribution in [1.82, 2.24) is 10.3 Å². The van der Waals surface area contributed by atoms with E-state index in [2.05, 4.69) is 17.2 Å². The highest BCUT2D eigenvalue weighted by molar-refractivity contribution is 7.09. The summed E-state index contributed by atoms with van der Waals surface area (Å²) >= 11 is 1.70. The molecule has 1 aliphatic rings. The number of hydrogen-bond donors (Lipinski definition) is 1. The Hall–Kier alpha value is -0.450. The van der Waals surface area contributed by atoms with Crippen LogP contribution in [0.1, 0.15) is 24.3 Å². The minimum atomic E-state index is 0.402. The van der Waals surface area contributed by atoms with Crippen LogP contribution < -0.4 is 5.32 Å². The van der Waals surface area contributed by atoms with Crippen molar-refractivity contribution < 1.29 is 4.74 Å². The molecule has 1 aromatic rings. The van der Waals surface area contributed by atoms with E-state index in [0.717, 1.165) is 19.6 Å². The van der Waals surface area contributed by atoms with Crippen molar-refractivity contribution in [2.24, 2.45) is 0 Å². The predicted octanol–water partition coefficient (Wildman–Crippen LogP) is 1.58. The van der Waals surface area contributed by atoms with E-state index in [0.29, 0.717) is 12.1 Å². The Morgan fingerprint density at radius 3 is 3.31 bits per heavy atom. The van der Waals surface area contributed by atoms with Gasteiger partial charge in [-0.3, -0.25) is 4.98 Å². The van der Waals surface area contributed by atoms with E-state index in [4.69, 9.17) is 4.74 Å². The summed E-state index contributed by atoms with van der Waals surface area (Å²) in [4.78, 5) is 5.36. The molecule has 13 heavy (non-hydrogen) atoms. The van der Waals surface area contributed by atoms with Gasteiger partial charge >= 0.3 is 0 Å². The van der Waals surface area contributed by atoms with E-state index < -0.39 is 0 Å². The zero-order valence-electron chi connectivity index (χ0n) is 7.69. The molecule has 1 fully saturated rings. The summed E-state index contributed by atoms with van der Waals surface area (Å²) in [6.45, 7) is 3.92. The first-order chi connectivity index (χ1) is 6.36. The molecule has 1 saturated heterocycles. The molecule has 3 nitrogen and oxygen atoms in total. The molecular formula is C9H14N2OS. The average molecular weight is 198 g/mol. The SMILES string of the molecule is CC(NC1CCOC1)c1cncs1. The first-order valence-corrected chi connectivity index (χ1v) is 5.46. The maximum absolute atomic E-state index is 5.30. The lowest BCUT2D eigenvalue weighted by Crippen LogP contribution is -2.31. The second-order valence-electron chi connectivity index (χ2n) is 3.35. The lowest BCUT2D eigenvalue weighted by molar-refractivity contribution is 0.188. The third kappa shape index (κ3) is 2.27. The van der Waals surface area contributed by atoms with Gasteiger partial charge in [-0.1, -0.05) is 0 Å². The van der Waals surface area contributed by atoms with Gasteiger partial charge in [0.05, 0.1) is 12.1 Å². The number of aromatic nitrogens is 1. The molecule has 4 heteroatoms. The molecule has 0 saturated carbocycles. The summed E-state index contributed by atoms with van der Waals surface area (Å²) in [6.07, 6.45) is 3.06. The van der Waals surface area contributed by atoms with Gasteiger partial charge in [0.25, 0.3) is 0 Å². The molecule has 2 heterocycles. The van der Waals surface area contributed by atoms with Crippen molar-refractivity contribution in [1.29, 1.82) is 0 Å². The second kappa shape index (κ2) is 4.17. The van der Waals surface area contributed by atoms with Crippen molar-refractivity contribution in [2.75, 3.05) is 13.2 Å². The minimum absolute atomic E-state index is 0.402. The fourth-order valence-corrected chi connectivity index (χ4v) is 2.18. The van der Waals surface area contributed by atoms with E-state index in [1.807, 2.05) is 11.7 Å². The topological polar surface area (TPSA) is 34.1 Å². The number of thiazole rings is 1.